The molecular weight excluding hydrogens is 316 g/mol. The smallest absolute Gasteiger partial charge is 0.274 e. The largest absolute Gasteiger partial charge is 0.366 e. The summed E-state index contributed by atoms with van der Waals surface area (Å²) < 4.78 is 22.9. The van der Waals surface area contributed by atoms with Gasteiger partial charge in [-0.3, -0.25) is 4.79 Å². The van der Waals surface area contributed by atoms with Crippen molar-refractivity contribution >= 4 is 27.2 Å². The SMILES string of the molecule is O=C(Nc1ccccc1)c1cc(NC2CCS(=O)(=O)C2)ncn1. The minimum absolute atomic E-state index is 0.0859. The molecule has 0 bridgehead atoms. The van der Waals surface area contributed by atoms with E-state index >= 15 is 0 Å². The van der Waals surface area contributed by atoms with Crippen molar-refractivity contribution in [2.45, 2.75) is 12.5 Å². The number of rotatable bonds is 4. The number of anilines is 2. The van der Waals surface area contributed by atoms with Gasteiger partial charge in [-0.05, 0) is 18.6 Å². The number of benzene rings is 1. The number of para-hydroxylation sites is 1. The number of amides is 1. The van der Waals surface area contributed by atoms with Crippen LogP contribution in [0, 0.1) is 0 Å². The second-order valence-corrected chi connectivity index (χ2v) is 7.58. The maximum Gasteiger partial charge on any atom is 0.274 e. The second kappa shape index (κ2) is 6.33. The number of nitrogens with zero attached hydrogens (tertiary/aromatic N) is 2. The van der Waals surface area contributed by atoms with Gasteiger partial charge in [-0.1, -0.05) is 18.2 Å². The van der Waals surface area contributed by atoms with Crippen molar-refractivity contribution in [2.75, 3.05) is 22.1 Å². The van der Waals surface area contributed by atoms with Crippen LogP contribution in [0.5, 0.6) is 0 Å². The van der Waals surface area contributed by atoms with E-state index in [1.807, 2.05) is 18.2 Å². The van der Waals surface area contributed by atoms with Gasteiger partial charge >= 0.3 is 0 Å². The van der Waals surface area contributed by atoms with Crippen molar-refractivity contribution in [3.8, 4) is 0 Å². The van der Waals surface area contributed by atoms with Crippen molar-refractivity contribution in [3.05, 3.63) is 48.4 Å². The molecule has 1 amide bonds. The third-order valence-corrected chi connectivity index (χ3v) is 5.28. The van der Waals surface area contributed by atoms with Crippen LogP contribution in [0.1, 0.15) is 16.9 Å². The van der Waals surface area contributed by atoms with Crippen LogP contribution in [0.4, 0.5) is 11.5 Å². The van der Waals surface area contributed by atoms with Gasteiger partial charge in [0.1, 0.15) is 17.8 Å². The third-order valence-electron chi connectivity index (χ3n) is 3.52. The van der Waals surface area contributed by atoms with Gasteiger partial charge in [0, 0.05) is 17.8 Å². The van der Waals surface area contributed by atoms with Gasteiger partial charge in [-0.25, -0.2) is 18.4 Å². The molecule has 0 aliphatic carbocycles. The highest BCUT2D eigenvalue weighted by molar-refractivity contribution is 7.91. The number of aromatic nitrogens is 2. The molecule has 7 nitrogen and oxygen atoms in total. The highest BCUT2D eigenvalue weighted by Gasteiger charge is 2.28. The predicted molar refractivity (Wildman–Crippen MR) is 87.1 cm³/mol. The molecule has 3 rings (SSSR count). The van der Waals surface area contributed by atoms with E-state index in [0.717, 1.165) is 0 Å². The Labute approximate surface area is 134 Å². The number of carbonyl (C=O) groups is 1. The van der Waals surface area contributed by atoms with E-state index < -0.39 is 9.84 Å². The van der Waals surface area contributed by atoms with Crippen LogP contribution < -0.4 is 10.6 Å². The van der Waals surface area contributed by atoms with Crippen LogP contribution in [-0.2, 0) is 9.84 Å². The summed E-state index contributed by atoms with van der Waals surface area (Å²) in [5.74, 6) is 0.362. The number of carbonyl (C=O) groups excluding carboxylic acids is 1. The Bertz CT molecular complexity index is 808. The van der Waals surface area contributed by atoms with Gasteiger partial charge in [-0.15, -0.1) is 0 Å². The molecule has 1 unspecified atom stereocenters. The van der Waals surface area contributed by atoms with Crippen LogP contribution in [0.15, 0.2) is 42.7 Å². The summed E-state index contributed by atoms with van der Waals surface area (Å²) in [5, 5.41) is 5.78. The fraction of sp³-hybridized carbons (Fsp3) is 0.267. The normalized spacial score (nSPS) is 19.2. The molecule has 1 aromatic heterocycles. The van der Waals surface area contributed by atoms with Crippen molar-refractivity contribution in [1.82, 2.24) is 9.97 Å². The summed E-state index contributed by atoms with van der Waals surface area (Å²) >= 11 is 0. The highest BCUT2D eigenvalue weighted by atomic mass is 32.2. The first kappa shape index (κ1) is 15.4. The molecule has 2 N–H and O–H groups in total. The average molecular weight is 332 g/mol. The third kappa shape index (κ3) is 4.04. The van der Waals surface area contributed by atoms with Crippen LogP contribution in [0.25, 0.3) is 0 Å². The molecule has 2 heterocycles. The molecule has 0 radical (unpaired) electrons. The molecule has 1 aliphatic rings. The van der Waals surface area contributed by atoms with Crippen molar-refractivity contribution < 1.29 is 13.2 Å². The van der Waals surface area contributed by atoms with Crippen LogP contribution in [0.3, 0.4) is 0 Å². The minimum atomic E-state index is -2.97. The summed E-state index contributed by atoms with van der Waals surface area (Å²) in [7, 11) is -2.97. The summed E-state index contributed by atoms with van der Waals surface area (Å²) in [4.78, 5) is 20.2. The number of nitrogens with one attached hydrogen (secondary N) is 2. The molecular formula is C15H16N4O3S. The fourth-order valence-electron chi connectivity index (χ4n) is 2.40. The van der Waals surface area contributed by atoms with Crippen molar-refractivity contribution in [2.24, 2.45) is 0 Å². The zero-order chi connectivity index (χ0) is 16.3. The molecule has 0 spiro atoms. The Morgan fingerprint density at radius 3 is 2.65 bits per heavy atom. The molecule has 120 valence electrons. The molecule has 8 heteroatoms. The quantitative estimate of drug-likeness (QED) is 0.876. The van der Waals surface area contributed by atoms with E-state index in [1.54, 1.807) is 12.1 Å². The average Bonchev–Trinajstić information content (AvgIpc) is 2.87. The maximum absolute atomic E-state index is 12.2. The standard InChI is InChI=1S/C15H16N4O3S/c20-15(19-11-4-2-1-3-5-11)13-8-14(17-10-16-13)18-12-6-7-23(21,22)9-12/h1-5,8,10,12H,6-7,9H2,(H,19,20)(H,16,17,18). The Hall–Kier alpha value is -2.48. The molecule has 1 fully saturated rings. The Balaban J connectivity index is 1.69. The van der Waals surface area contributed by atoms with Gasteiger partial charge < -0.3 is 10.6 Å². The van der Waals surface area contributed by atoms with E-state index in [0.29, 0.717) is 17.9 Å². The molecule has 1 atom stereocenters. The van der Waals surface area contributed by atoms with Crippen LogP contribution in [-0.4, -0.2) is 41.8 Å². The van der Waals surface area contributed by atoms with E-state index in [1.165, 1.54) is 12.4 Å². The Morgan fingerprint density at radius 1 is 1.17 bits per heavy atom. The van der Waals surface area contributed by atoms with Crippen molar-refractivity contribution in [1.29, 1.82) is 0 Å². The first-order valence-corrected chi connectivity index (χ1v) is 8.99. The van der Waals surface area contributed by atoms with E-state index in [-0.39, 0.29) is 29.1 Å². The summed E-state index contributed by atoms with van der Waals surface area (Å²) in [5.41, 5.74) is 0.889. The Morgan fingerprint density at radius 2 is 1.96 bits per heavy atom. The molecule has 1 aromatic carbocycles. The lowest BCUT2D eigenvalue weighted by Gasteiger charge is -2.12. The fourth-order valence-corrected chi connectivity index (χ4v) is 4.07. The maximum atomic E-state index is 12.2. The molecule has 1 saturated heterocycles. The number of hydrogen-bond donors (Lipinski definition) is 2. The Kier molecular flexibility index (Phi) is 4.24. The minimum Gasteiger partial charge on any atom is -0.366 e. The van der Waals surface area contributed by atoms with Crippen LogP contribution in [0.2, 0.25) is 0 Å². The van der Waals surface area contributed by atoms with E-state index in [9.17, 15) is 13.2 Å². The zero-order valence-electron chi connectivity index (χ0n) is 12.3. The molecule has 1 aliphatic heterocycles. The van der Waals surface area contributed by atoms with Crippen molar-refractivity contribution in [3.63, 3.8) is 0 Å². The lowest BCUT2D eigenvalue weighted by Crippen LogP contribution is -2.22. The molecule has 2 aromatic rings. The second-order valence-electron chi connectivity index (χ2n) is 5.35. The number of sulfone groups is 1. The predicted octanol–water partition coefficient (Wildman–Crippen LogP) is 1.33. The van der Waals surface area contributed by atoms with Gasteiger partial charge in [0.2, 0.25) is 0 Å². The summed E-state index contributed by atoms with van der Waals surface area (Å²) in [6, 6.07) is 10.4. The summed E-state index contributed by atoms with van der Waals surface area (Å²) in [6.07, 6.45) is 1.82. The monoisotopic (exact) mass is 332 g/mol. The van der Waals surface area contributed by atoms with Gasteiger partial charge in [0.05, 0.1) is 11.5 Å². The first-order chi connectivity index (χ1) is 11.0. The lowest BCUT2D eigenvalue weighted by molar-refractivity contribution is 0.102. The highest BCUT2D eigenvalue weighted by Crippen LogP contribution is 2.16. The zero-order valence-corrected chi connectivity index (χ0v) is 13.1. The van der Waals surface area contributed by atoms with Crippen LogP contribution >= 0.6 is 0 Å². The number of hydrogen-bond acceptors (Lipinski definition) is 6. The summed E-state index contributed by atoms with van der Waals surface area (Å²) in [6.45, 7) is 0. The van der Waals surface area contributed by atoms with E-state index in [2.05, 4.69) is 20.6 Å². The van der Waals surface area contributed by atoms with Gasteiger partial charge in [0.15, 0.2) is 9.84 Å². The molecule has 23 heavy (non-hydrogen) atoms. The molecule has 0 saturated carbocycles. The topological polar surface area (TPSA) is 101 Å². The van der Waals surface area contributed by atoms with E-state index in [4.69, 9.17) is 0 Å². The van der Waals surface area contributed by atoms with Gasteiger partial charge in [0.25, 0.3) is 5.91 Å². The van der Waals surface area contributed by atoms with Gasteiger partial charge in [-0.2, -0.15) is 0 Å². The first-order valence-electron chi connectivity index (χ1n) is 7.17. The lowest BCUT2D eigenvalue weighted by atomic mass is 10.2.